The maximum atomic E-state index is 10.6. The molecule has 13 heavy (non-hydrogen) atoms. The third-order valence-electron chi connectivity index (χ3n) is 1.46. The average molecular weight is 201 g/mol. The number of carbonyl (C=O) groups is 2. The third kappa shape index (κ3) is 1.97. The molecule has 68 valence electrons. The molecule has 0 aliphatic heterocycles. The van der Waals surface area contributed by atoms with Crippen LogP contribution in [0, 0.1) is 0 Å². The maximum Gasteiger partial charge on any atom is 0.335 e. The van der Waals surface area contributed by atoms with Gasteiger partial charge in [0.1, 0.15) is 5.75 Å². The van der Waals surface area contributed by atoms with Gasteiger partial charge in [0.05, 0.1) is 11.1 Å². The molecule has 0 saturated carbocycles. The number of phenols is 1. The van der Waals surface area contributed by atoms with E-state index in [0.717, 1.165) is 12.1 Å². The molecule has 1 aromatic carbocycles. The molecule has 1 rings (SSSR count). The number of carboxylic acids is 1. The minimum absolute atomic E-state index is 0.0980. The highest BCUT2D eigenvalue weighted by molar-refractivity contribution is 6.68. The molecule has 5 heteroatoms. The number of aromatic carboxylic acids is 1. The highest BCUT2D eigenvalue weighted by Gasteiger charge is 2.11. The van der Waals surface area contributed by atoms with Crippen LogP contribution in [0.4, 0.5) is 0 Å². The molecule has 0 fully saturated rings. The molecule has 0 aliphatic rings. The minimum Gasteiger partial charge on any atom is -0.507 e. The van der Waals surface area contributed by atoms with Crippen LogP contribution in [-0.2, 0) is 0 Å². The number of benzene rings is 1. The van der Waals surface area contributed by atoms with Crippen molar-refractivity contribution in [3.8, 4) is 5.75 Å². The number of carbonyl (C=O) groups excluding carboxylic acids is 1. The van der Waals surface area contributed by atoms with E-state index in [1.807, 2.05) is 0 Å². The number of hydrogen-bond donors (Lipinski definition) is 2. The largest absolute Gasteiger partial charge is 0.507 e. The Bertz CT molecular complexity index is 372. The van der Waals surface area contributed by atoms with Crippen LogP contribution >= 0.6 is 11.6 Å². The summed E-state index contributed by atoms with van der Waals surface area (Å²) >= 11 is 5.09. The first kappa shape index (κ1) is 9.54. The lowest BCUT2D eigenvalue weighted by atomic mass is 10.1. The van der Waals surface area contributed by atoms with Crippen molar-refractivity contribution in [1.82, 2.24) is 0 Å². The van der Waals surface area contributed by atoms with E-state index in [9.17, 15) is 9.59 Å². The number of carboxylic acid groups (broad SMARTS) is 1. The van der Waals surface area contributed by atoms with Crippen molar-refractivity contribution in [2.45, 2.75) is 0 Å². The molecule has 0 aromatic heterocycles. The predicted octanol–water partition coefficient (Wildman–Crippen LogP) is 1.47. The second-order valence-corrected chi connectivity index (χ2v) is 2.65. The molecular formula is C8H5ClO4. The zero-order valence-corrected chi connectivity index (χ0v) is 7.08. The average Bonchev–Trinajstić information content (AvgIpc) is 2.03. The molecule has 0 bridgehead atoms. The Morgan fingerprint density at radius 3 is 2.31 bits per heavy atom. The lowest BCUT2D eigenvalue weighted by molar-refractivity contribution is 0.0696. The number of aromatic hydroxyl groups is 1. The van der Waals surface area contributed by atoms with E-state index in [-0.39, 0.29) is 11.1 Å². The molecule has 0 heterocycles. The van der Waals surface area contributed by atoms with Crippen LogP contribution in [0.2, 0.25) is 0 Å². The van der Waals surface area contributed by atoms with Gasteiger partial charge in [-0.25, -0.2) is 4.79 Å². The summed E-state index contributed by atoms with van der Waals surface area (Å²) in [7, 11) is 0. The lowest BCUT2D eigenvalue weighted by Gasteiger charge is -1.99. The van der Waals surface area contributed by atoms with E-state index in [2.05, 4.69) is 0 Å². The first-order chi connectivity index (χ1) is 6.02. The first-order valence-corrected chi connectivity index (χ1v) is 3.66. The van der Waals surface area contributed by atoms with Gasteiger partial charge in [0.2, 0.25) is 0 Å². The first-order valence-electron chi connectivity index (χ1n) is 3.28. The highest BCUT2D eigenvalue weighted by Crippen LogP contribution is 2.20. The zero-order chi connectivity index (χ0) is 10.0. The van der Waals surface area contributed by atoms with Gasteiger partial charge in [-0.3, -0.25) is 4.79 Å². The number of halogens is 1. The number of phenolic OH excluding ortho intramolecular Hbond substituents is 1. The van der Waals surface area contributed by atoms with E-state index in [1.54, 1.807) is 0 Å². The molecule has 0 amide bonds. The molecule has 0 unspecified atom stereocenters. The molecule has 0 saturated heterocycles. The van der Waals surface area contributed by atoms with Gasteiger partial charge in [-0.15, -0.1) is 0 Å². The fraction of sp³-hybridized carbons (Fsp3) is 0. The topological polar surface area (TPSA) is 74.6 Å². The standard InChI is InChI=1S/C8H5ClO4/c9-7(11)5-2-1-4(8(12)13)3-6(5)10/h1-3,10H,(H,12,13). The molecule has 0 radical (unpaired) electrons. The second-order valence-electron chi connectivity index (χ2n) is 2.31. The van der Waals surface area contributed by atoms with Crippen LogP contribution in [0.1, 0.15) is 20.7 Å². The van der Waals surface area contributed by atoms with Gasteiger partial charge in [-0.05, 0) is 29.8 Å². The minimum atomic E-state index is -1.18. The highest BCUT2D eigenvalue weighted by atomic mass is 35.5. The third-order valence-corrected chi connectivity index (χ3v) is 1.66. The van der Waals surface area contributed by atoms with Crippen molar-refractivity contribution in [3.63, 3.8) is 0 Å². The van der Waals surface area contributed by atoms with E-state index in [0.29, 0.717) is 0 Å². The van der Waals surface area contributed by atoms with Crippen molar-refractivity contribution in [3.05, 3.63) is 29.3 Å². The van der Waals surface area contributed by atoms with Gasteiger partial charge in [0.25, 0.3) is 5.24 Å². The van der Waals surface area contributed by atoms with Gasteiger partial charge in [0, 0.05) is 0 Å². The maximum absolute atomic E-state index is 10.6. The molecule has 0 spiro atoms. The lowest BCUT2D eigenvalue weighted by Crippen LogP contribution is -1.97. The smallest absolute Gasteiger partial charge is 0.335 e. The van der Waals surface area contributed by atoms with Crippen LogP contribution in [0.3, 0.4) is 0 Å². The SMILES string of the molecule is O=C(O)c1ccc(C(=O)Cl)c(O)c1. The summed E-state index contributed by atoms with van der Waals surface area (Å²) in [6.45, 7) is 0. The molecule has 0 aliphatic carbocycles. The number of hydrogen-bond acceptors (Lipinski definition) is 3. The summed E-state index contributed by atoms with van der Waals surface area (Å²) < 4.78 is 0. The fourth-order valence-corrected chi connectivity index (χ4v) is 0.991. The van der Waals surface area contributed by atoms with Gasteiger partial charge in [-0.2, -0.15) is 0 Å². The van der Waals surface area contributed by atoms with Crippen molar-refractivity contribution < 1.29 is 19.8 Å². The monoisotopic (exact) mass is 200 g/mol. The summed E-state index contributed by atoms with van der Waals surface area (Å²) in [6.07, 6.45) is 0. The normalized spacial score (nSPS) is 9.62. The Hall–Kier alpha value is -1.55. The van der Waals surface area contributed by atoms with Crippen molar-refractivity contribution in [2.75, 3.05) is 0 Å². The Balaban J connectivity index is 3.20. The van der Waals surface area contributed by atoms with E-state index < -0.39 is 17.0 Å². The van der Waals surface area contributed by atoms with Crippen LogP contribution in [0.25, 0.3) is 0 Å². The molecular weight excluding hydrogens is 196 g/mol. The number of rotatable bonds is 2. The Morgan fingerprint density at radius 1 is 1.31 bits per heavy atom. The van der Waals surface area contributed by atoms with Gasteiger partial charge in [-0.1, -0.05) is 0 Å². The van der Waals surface area contributed by atoms with Crippen molar-refractivity contribution in [1.29, 1.82) is 0 Å². The van der Waals surface area contributed by atoms with Crippen LogP contribution in [0.15, 0.2) is 18.2 Å². The van der Waals surface area contributed by atoms with Crippen LogP contribution in [-0.4, -0.2) is 21.4 Å². The summed E-state index contributed by atoms with van der Waals surface area (Å²) in [4.78, 5) is 21.0. The van der Waals surface area contributed by atoms with Crippen LogP contribution < -0.4 is 0 Å². The van der Waals surface area contributed by atoms with Gasteiger partial charge >= 0.3 is 5.97 Å². The van der Waals surface area contributed by atoms with Crippen LogP contribution in [0.5, 0.6) is 5.75 Å². The van der Waals surface area contributed by atoms with Gasteiger partial charge < -0.3 is 10.2 Å². The second kappa shape index (κ2) is 3.45. The van der Waals surface area contributed by atoms with E-state index >= 15 is 0 Å². The quantitative estimate of drug-likeness (QED) is 0.709. The van der Waals surface area contributed by atoms with E-state index in [4.69, 9.17) is 21.8 Å². The predicted molar refractivity (Wildman–Crippen MR) is 45.2 cm³/mol. The molecule has 1 aromatic rings. The Kier molecular flexibility index (Phi) is 2.53. The van der Waals surface area contributed by atoms with Crippen molar-refractivity contribution in [2.24, 2.45) is 0 Å². The Morgan fingerprint density at radius 2 is 1.92 bits per heavy atom. The summed E-state index contributed by atoms with van der Waals surface area (Å²) in [5, 5.41) is 16.8. The van der Waals surface area contributed by atoms with Gasteiger partial charge in [0.15, 0.2) is 0 Å². The van der Waals surface area contributed by atoms with E-state index in [1.165, 1.54) is 6.07 Å². The summed E-state index contributed by atoms with van der Waals surface area (Å²) in [6, 6.07) is 3.32. The van der Waals surface area contributed by atoms with Crippen molar-refractivity contribution >= 4 is 22.8 Å². The summed E-state index contributed by atoms with van der Waals surface area (Å²) in [5.74, 6) is -1.61. The molecule has 0 atom stereocenters. The summed E-state index contributed by atoms with van der Waals surface area (Å²) in [5.41, 5.74) is -0.203. The zero-order valence-electron chi connectivity index (χ0n) is 6.32. The molecule has 4 nitrogen and oxygen atoms in total. The Labute approximate surface area is 78.4 Å². The molecule has 2 N–H and O–H groups in total. The fourth-order valence-electron chi connectivity index (χ4n) is 0.831.